The molecule has 4 rings (SSSR count). The molecule has 1 aliphatic rings. The molecular weight excluding hydrogens is 376 g/mol. The zero-order valence-corrected chi connectivity index (χ0v) is 16.4. The van der Waals surface area contributed by atoms with Gasteiger partial charge in [-0.25, -0.2) is 0 Å². The Labute approximate surface area is 166 Å². The van der Waals surface area contributed by atoms with Gasteiger partial charge in [-0.2, -0.15) is 0 Å². The molecular formula is C20H20N4OS2. The molecule has 138 valence electrons. The maximum Gasteiger partial charge on any atom is 0.253 e. The van der Waals surface area contributed by atoms with Crippen LogP contribution in [0.3, 0.4) is 0 Å². The molecule has 0 saturated carbocycles. The number of hydrogen-bond acceptors (Lipinski definition) is 6. The fraction of sp³-hybridized carbons (Fsp3) is 0.250. The van der Waals surface area contributed by atoms with E-state index in [0.29, 0.717) is 0 Å². The summed E-state index contributed by atoms with van der Waals surface area (Å²) in [5.74, 6) is 0.950. The number of rotatable bonds is 6. The van der Waals surface area contributed by atoms with Crippen LogP contribution in [0.2, 0.25) is 0 Å². The molecule has 7 heteroatoms. The zero-order chi connectivity index (χ0) is 18.5. The molecule has 0 atom stereocenters. The molecule has 1 saturated heterocycles. The van der Waals surface area contributed by atoms with Gasteiger partial charge < -0.3 is 10.2 Å². The molecule has 1 aliphatic heterocycles. The smallest absolute Gasteiger partial charge is 0.253 e. The monoisotopic (exact) mass is 396 g/mol. The fourth-order valence-electron chi connectivity index (χ4n) is 2.95. The van der Waals surface area contributed by atoms with Crippen molar-refractivity contribution in [1.29, 1.82) is 0 Å². The first-order valence-corrected chi connectivity index (χ1v) is 10.7. The van der Waals surface area contributed by atoms with Crippen LogP contribution >= 0.6 is 23.1 Å². The summed E-state index contributed by atoms with van der Waals surface area (Å²) < 4.78 is 0.922. The molecule has 2 aromatic carbocycles. The molecule has 0 spiro atoms. The molecule has 3 aromatic rings. The van der Waals surface area contributed by atoms with E-state index in [-0.39, 0.29) is 5.91 Å². The average molecular weight is 397 g/mol. The van der Waals surface area contributed by atoms with Gasteiger partial charge in [0.15, 0.2) is 4.34 Å². The number of amides is 1. The summed E-state index contributed by atoms with van der Waals surface area (Å²) in [5, 5.41) is 12.5. The third kappa shape index (κ3) is 4.67. The number of carbonyl (C=O) groups excluding carboxylic acids is 1. The Balaban J connectivity index is 1.32. The van der Waals surface area contributed by atoms with Gasteiger partial charge in [-0.15, -0.1) is 10.2 Å². The lowest BCUT2D eigenvalue weighted by atomic mass is 10.1. The summed E-state index contributed by atoms with van der Waals surface area (Å²) in [7, 11) is 0. The van der Waals surface area contributed by atoms with E-state index in [1.165, 1.54) is 5.56 Å². The normalized spacial score (nSPS) is 13.7. The van der Waals surface area contributed by atoms with Crippen molar-refractivity contribution in [3.05, 3.63) is 65.7 Å². The molecule has 2 heterocycles. The number of para-hydroxylation sites is 1. The highest BCUT2D eigenvalue weighted by Gasteiger charge is 2.19. The topological polar surface area (TPSA) is 58.1 Å². The molecule has 0 unspecified atom stereocenters. The molecule has 1 fully saturated rings. The Morgan fingerprint density at radius 2 is 1.78 bits per heavy atom. The van der Waals surface area contributed by atoms with Crippen LogP contribution in [0.1, 0.15) is 28.8 Å². The van der Waals surface area contributed by atoms with Crippen molar-refractivity contribution in [2.45, 2.75) is 22.9 Å². The molecule has 0 bridgehead atoms. The van der Waals surface area contributed by atoms with Crippen molar-refractivity contribution in [2.75, 3.05) is 18.4 Å². The zero-order valence-electron chi connectivity index (χ0n) is 14.8. The van der Waals surface area contributed by atoms with Gasteiger partial charge in [0.2, 0.25) is 5.13 Å². The van der Waals surface area contributed by atoms with E-state index in [1.807, 2.05) is 59.5 Å². The van der Waals surface area contributed by atoms with Crippen LogP contribution in [0.5, 0.6) is 0 Å². The van der Waals surface area contributed by atoms with Crippen LogP contribution in [-0.4, -0.2) is 34.1 Å². The maximum absolute atomic E-state index is 12.4. The number of thioether (sulfide) groups is 1. The van der Waals surface area contributed by atoms with Gasteiger partial charge in [-0.1, -0.05) is 53.4 Å². The number of carbonyl (C=O) groups is 1. The second-order valence-corrected chi connectivity index (χ2v) is 8.55. The number of nitrogens with one attached hydrogen (secondary N) is 1. The number of hydrogen-bond donors (Lipinski definition) is 1. The van der Waals surface area contributed by atoms with Crippen molar-refractivity contribution in [3.8, 4) is 0 Å². The predicted molar refractivity (Wildman–Crippen MR) is 111 cm³/mol. The summed E-state index contributed by atoms with van der Waals surface area (Å²) in [6, 6.07) is 17.9. The number of aromatic nitrogens is 2. The minimum atomic E-state index is 0.146. The van der Waals surface area contributed by atoms with E-state index in [2.05, 4.69) is 15.5 Å². The second kappa shape index (κ2) is 8.54. The highest BCUT2D eigenvalue weighted by atomic mass is 32.2. The first-order chi connectivity index (χ1) is 13.3. The van der Waals surface area contributed by atoms with Crippen LogP contribution in [-0.2, 0) is 5.75 Å². The first kappa shape index (κ1) is 18.0. The molecule has 1 amide bonds. The average Bonchev–Trinajstić information content (AvgIpc) is 3.39. The highest BCUT2D eigenvalue weighted by Crippen LogP contribution is 2.30. The van der Waals surface area contributed by atoms with Crippen molar-refractivity contribution >= 4 is 39.8 Å². The van der Waals surface area contributed by atoms with Crippen LogP contribution in [0.4, 0.5) is 10.8 Å². The van der Waals surface area contributed by atoms with Crippen LogP contribution < -0.4 is 5.32 Å². The van der Waals surface area contributed by atoms with Gasteiger partial charge in [0, 0.05) is 30.1 Å². The van der Waals surface area contributed by atoms with E-state index >= 15 is 0 Å². The summed E-state index contributed by atoms with van der Waals surface area (Å²) in [4.78, 5) is 14.3. The minimum absolute atomic E-state index is 0.146. The van der Waals surface area contributed by atoms with Crippen LogP contribution in [0.25, 0.3) is 0 Å². The standard InChI is InChI=1S/C20H20N4OS2/c25-18(24-12-4-5-13-24)16-10-8-15(9-11-16)14-26-20-23-22-19(27-20)21-17-6-2-1-3-7-17/h1-3,6-11H,4-5,12-14H2,(H,21,22). The Bertz CT molecular complexity index is 890. The Morgan fingerprint density at radius 1 is 1.04 bits per heavy atom. The number of benzene rings is 2. The first-order valence-electron chi connectivity index (χ1n) is 8.94. The van der Waals surface area contributed by atoms with E-state index in [1.54, 1.807) is 23.1 Å². The molecule has 1 aromatic heterocycles. The van der Waals surface area contributed by atoms with E-state index in [4.69, 9.17) is 0 Å². The fourth-order valence-corrected chi connectivity index (χ4v) is 4.68. The largest absolute Gasteiger partial charge is 0.339 e. The summed E-state index contributed by atoms with van der Waals surface area (Å²) in [6.07, 6.45) is 2.23. The van der Waals surface area contributed by atoms with Crippen molar-refractivity contribution in [3.63, 3.8) is 0 Å². The molecule has 0 aliphatic carbocycles. The van der Waals surface area contributed by atoms with E-state index in [0.717, 1.165) is 52.4 Å². The Kier molecular flexibility index (Phi) is 5.69. The maximum atomic E-state index is 12.4. The SMILES string of the molecule is O=C(c1ccc(CSc2nnc(Nc3ccccc3)s2)cc1)N1CCCC1. The number of anilines is 2. The third-order valence-electron chi connectivity index (χ3n) is 4.39. The van der Waals surface area contributed by atoms with Gasteiger partial charge in [-0.05, 0) is 42.7 Å². The van der Waals surface area contributed by atoms with Crippen molar-refractivity contribution in [2.24, 2.45) is 0 Å². The van der Waals surface area contributed by atoms with Crippen LogP contribution in [0, 0.1) is 0 Å². The number of nitrogens with zero attached hydrogens (tertiary/aromatic N) is 3. The molecule has 1 N–H and O–H groups in total. The lowest BCUT2D eigenvalue weighted by Gasteiger charge is -2.15. The Hall–Kier alpha value is -2.38. The van der Waals surface area contributed by atoms with Crippen molar-refractivity contribution < 1.29 is 4.79 Å². The molecule has 27 heavy (non-hydrogen) atoms. The molecule has 0 radical (unpaired) electrons. The van der Waals surface area contributed by atoms with E-state index < -0.39 is 0 Å². The van der Waals surface area contributed by atoms with Gasteiger partial charge in [0.1, 0.15) is 0 Å². The highest BCUT2D eigenvalue weighted by molar-refractivity contribution is 8.00. The van der Waals surface area contributed by atoms with Gasteiger partial charge >= 0.3 is 0 Å². The van der Waals surface area contributed by atoms with Gasteiger partial charge in [0.05, 0.1) is 0 Å². The quantitative estimate of drug-likeness (QED) is 0.606. The molecule has 5 nitrogen and oxygen atoms in total. The summed E-state index contributed by atoms with van der Waals surface area (Å²) in [5.41, 5.74) is 2.95. The van der Waals surface area contributed by atoms with Gasteiger partial charge in [-0.3, -0.25) is 4.79 Å². The van der Waals surface area contributed by atoms with Crippen molar-refractivity contribution in [1.82, 2.24) is 15.1 Å². The number of likely N-dealkylation sites (tertiary alicyclic amines) is 1. The lowest BCUT2D eigenvalue weighted by molar-refractivity contribution is 0.0793. The summed E-state index contributed by atoms with van der Waals surface area (Å²) in [6.45, 7) is 1.76. The van der Waals surface area contributed by atoms with Gasteiger partial charge in [0.25, 0.3) is 5.91 Å². The third-order valence-corrected chi connectivity index (χ3v) is 6.43. The Morgan fingerprint density at radius 3 is 2.52 bits per heavy atom. The summed E-state index contributed by atoms with van der Waals surface area (Å²) >= 11 is 3.19. The minimum Gasteiger partial charge on any atom is -0.339 e. The predicted octanol–water partition coefficient (Wildman–Crippen LogP) is 4.81. The van der Waals surface area contributed by atoms with E-state index in [9.17, 15) is 4.79 Å². The van der Waals surface area contributed by atoms with Crippen LogP contribution in [0.15, 0.2) is 58.9 Å². The lowest BCUT2D eigenvalue weighted by Crippen LogP contribution is -2.27. The second-order valence-electron chi connectivity index (χ2n) is 6.35.